The second kappa shape index (κ2) is 10.4. The number of phosphoric acid groups is 1. The second-order valence-corrected chi connectivity index (χ2v) is 10.3. The van der Waals surface area contributed by atoms with Gasteiger partial charge in [0, 0.05) is 30.4 Å². The Morgan fingerprint density at radius 2 is 1.79 bits per heavy atom. The van der Waals surface area contributed by atoms with Gasteiger partial charge in [0.1, 0.15) is 12.2 Å². The van der Waals surface area contributed by atoms with Crippen molar-refractivity contribution in [3.63, 3.8) is 0 Å². The summed E-state index contributed by atoms with van der Waals surface area (Å²) in [5, 5.41) is 3.85. The first-order valence-corrected chi connectivity index (χ1v) is 13.7. The van der Waals surface area contributed by atoms with Crippen LogP contribution in [0.3, 0.4) is 0 Å². The molecule has 218 valence electrons. The van der Waals surface area contributed by atoms with Gasteiger partial charge in [-0.15, -0.1) is 0 Å². The molecular formula is C26H17F3N7O6P. The summed E-state index contributed by atoms with van der Waals surface area (Å²) < 4.78 is 59.3. The normalized spacial score (nSPS) is 12.3. The fourth-order valence-corrected chi connectivity index (χ4v) is 4.70. The lowest BCUT2D eigenvalue weighted by Gasteiger charge is -2.17. The Morgan fingerprint density at radius 1 is 0.977 bits per heavy atom. The highest BCUT2D eigenvalue weighted by atomic mass is 31.2. The van der Waals surface area contributed by atoms with E-state index < -0.39 is 37.5 Å². The highest BCUT2D eigenvalue weighted by molar-refractivity contribution is 7.46. The number of halogens is 3. The molecule has 0 saturated carbocycles. The van der Waals surface area contributed by atoms with Crippen LogP contribution < -0.4 is 11.2 Å². The molecule has 0 aliphatic heterocycles. The highest BCUT2D eigenvalue weighted by Gasteiger charge is 2.31. The Morgan fingerprint density at radius 3 is 2.47 bits per heavy atom. The molecular weight excluding hydrogens is 594 g/mol. The quantitative estimate of drug-likeness (QED) is 0.210. The largest absolute Gasteiger partial charge is 0.471 e. The number of benzene rings is 1. The Bertz CT molecular complexity index is 2180. The maximum Gasteiger partial charge on any atom is 0.471 e. The van der Waals surface area contributed by atoms with Crippen LogP contribution >= 0.6 is 7.82 Å². The monoisotopic (exact) mass is 611 g/mol. The number of pyridine rings is 3. The van der Waals surface area contributed by atoms with Crippen LogP contribution in [0.2, 0.25) is 0 Å². The number of hydrogen-bond acceptors (Lipinski definition) is 8. The molecule has 0 atom stereocenters. The van der Waals surface area contributed by atoms with Gasteiger partial charge in [-0.1, -0.05) is 6.07 Å². The lowest BCUT2D eigenvalue weighted by Crippen LogP contribution is -2.40. The first-order valence-electron chi connectivity index (χ1n) is 12.2. The molecule has 0 aliphatic rings. The van der Waals surface area contributed by atoms with Crippen LogP contribution in [0.4, 0.5) is 13.2 Å². The smallest absolute Gasteiger partial charge is 0.303 e. The summed E-state index contributed by atoms with van der Waals surface area (Å²) in [6.45, 7) is -1.18. The number of hydrogen-bond donors (Lipinski definition) is 2. The summed E-state index contributed by atoms with van der Waals surface area (Å²) in [4.78, 5) is 58.6. The summed E-state index contributed by atoms with van der Waals surface area (Å²) in [6.07, 6.45) is 1.15. The van der Waals surface area contributed by atoms with E-state index in [1.807, 2.05) is 0 Å². The van der Waals surface area contributed by atoms with E-state index in [1.54, 1.807) is 47.4 Å². The van der Waals surface area contributed by atoms with Crippen LogP contribution in [0.5, 0.6) is 0 Å². The van der Waals surface area contributed by atoms with Gasteiger partial charge in [0.2, 0.25) is 0 Å². The molecule has 2 N–H and O–H groups in total. The summed E-state index contributed by atoms with van der Waals surface area (Å²) >= 11 is 0. The Hall–Kier alpha value is -5.02. The summed E-state index contributed by atoms with van der Waals surface area (Å²) in [5.74, 6) is 0.526. The molecule has 0 spiro atoms. The van der Waals surface area contributed by atoms with Gasteiger partial charge in [-0.05, 0) is 48.5 Å². The third-order valence-corrected chi connectivity index (χ3v) is 6.83. The summed E-state index contributed by atoms with van der Waals surface area (Å²) in [7, 11) is -5.14. The molecule has 0 radical (unpaired) electrons. The van der Waals surface area contributed by atoms with Crippen LogP contribution in [0.15, 0.2) is 89.0 Å². The third-order valence-electron chi connectivity index (χ3n) is 6.38. The van der Waals surface area contributed by atoms with Crippen LogP contribution in [0.1, 0.15) is 5.56 Å². The van der Waals surface area contributed by atoms with Crippen LogP contribution in [-0.4, -0.2) is 43.7 Å². The SMILES string of the molecule is O=c1c2cnc3ccc(-c4ccc(-n5cccn5)nc4)nc3c2n(-c2cccc(C(F)(F)F)c2)c(=O)n1COP(=O)(O)O. The van der Waals surface area contributed by atoms with Crippen LogP contribution in [0.25, 0.3) is 44.7 Å². The Balaban J connectivity index is 1.63. The van der Waals surface area contributed by atoms with Crippen molar-refractivity contribution in [1.29, 1.82) is 0 Å². The van der Waals surface area contributed by atoms with E-state index >= 15 is 0 Å². The van der Waals surface area contributed by atoms with Crippen LogP contribution in [-0.2, 0) is 22.0 Å². The molecule has 0 amide bonds. The lowest BCUT2D eigenvalue weighted by atomic mass is 10.1. The van der Waals surface area contributed by atoms with Crippen molar-refractivity contribution in [3.8, 4) is 22.8 Å². The van der Waals surface area contributed by atoms with Gasteiger partial charge in [0.15, 0.2) is 5.82 Å². The van der Waals surface area contributed by atoms with Crippen molar-refractivity contribution in [2.24, 2.45) is 0 Å². The highest BCUT2D eigenvalue weighted by Crippen LogP contribution is 2.36. The molecule has 0 unspecified atom stereocenters. The van der Waals surface area contributed by atoms with E-state index in [0.29, 0.717) is 27.7 Å². The van der Waals surface area contributed by atoms with E-state index in [1.165, 1.54) is 12.3 Å². The van der Waals surface area contributed by atoms with Gasteiger partial charge in [0.25, 0.3) is 5.56 Å². The topological polar surface area (TPSA) is 167 Å². The first-order chi connectivity index (χ1) is 20.4. The van der Waals surface area contributed by atoms with Crippen molar-refractivity contribution in [1.82, 2.24) is 33.9 Å². The lowest BCUT2D eigenvalue weighted by molar-refractivity contribution is -0.137. The molecule has 43 heavy (non-hydrogen) atoms. The maximum absolute atomic E-state index is 13.7. The van der Waals surface area contributed by atoms with Gasteiger partial charge in [-0.3, -0.25) is 18.9 Å². The zero-order valence-corrected chi connectivity index (χ0v) is 22.3. The van der Waals surface area contributed by atoms with Gasteiger partial charge >= 0.3 is 19.7 Å². The average molecular weight is 611 g/mol. The maximum atomic E-state index is 13.7. The average Bonchev–Trinajstić information content (AvgIpc) is 3.51. The molecule has 17 heteroatoms. The molecule has 6 aromatic rings. The standard InChI is InChI=1S/C26H17F3N7O6P/c27-26(28,29)16-3-1-4-17(11-16)36-23-18(24(37)34(25(36)38)14-42-43(39,40)41)13-30-20-7-6-19(33-22(20)23)15-5-8-21(31-12-15)35-10-2-9-32-35/h1-13H,14H2,(H2,39,40,41). The predicted octanol–water partition coefficient (Wildman–Crippen LogP) is 3.43. The third kappa shape index (κ3) is 5.35. The van der Waals surface area contributed by atoms with E-state index in [0.717, 1.165) is 22.9 Å². The first kappa shape index (κ1) is 28.1. The molecule has 0 fully saturated rings. The van der Waals surface area contributed by atoms with Crippen molar-refractivity contribution < 1.29 is 32.0 Å². The fraction of sp³-hybridized carbons (Fsp3) is 0.0769. The molecule has 13 nitrogen and oxygen atoms in total. The van der Waals surface area contributed by atoms with Crippen molar-refractivity contribution in [3.05, 3.63) is 106 Å². The Kier molecular flexibility index (Phi) is 6.77. The molecule has 1 aromatic carbocycles. The molecule has 0 saturated heterocycles. The molecule has 5 aromatic heterocycles. The minimum Gasteiger partial charge on any atom is -0.303 e. The number of alkyl halides is 3. The minimum atomic E-state index is -5.14. The molecule has 0 aliphatic carbocycles. The van der Waals surface area contributed by atoms with Crippen molar-refractivity contribution in [2.45, 2.75) is 12.9 Å². The zero-order chi connectivity index (χ0) is 30.5. The molecule has 0 bridgehead atoms. The number of nitrogens with zero attached hydrogens (tertiary/aromatic N) is 7. The van der Waals surface area contributed by atoms with E-state index in [2.05, 4.69) is 24.6 Å². The minimum absolute atomic E-state index is 0.000760. The second-order valence-electron chi connectivity index (χ2n) is 9.09. The predicted molar refractivity (Wildman–Crippen MR) is 145 cm³/mol. The van der Waals surface area contributed by atoms with E-state index in [4.69, 9.17) is 9.79 Å². The fourth-order valence-electron chi connectivity index (χ4n) is 4.43. The van der Waals surface area contributed by atoms with Gasteiger partial charge in [-0.2, -0.15) is 18.3 Å². The van der Waals surface area contributed by atoms with Crippen molar-refractivity contribution in [2.75, 3.05) is 0 Å². The zero-order valence-electron chi connectivity index (χ0n) is 21.5. The van der Waals surface area contributed by atoms with Gasteiger partial charge in [-0.25, -0.2) is 28.6 Å². The number of aromatic nitrogens is 7. The van der Waals surface area contributed by atoms with E-state index in [-0.39, 0.29) is 27.6 Å². The number of phosphoric ester groups is 1. The van der Waals surface area contributed by atoms with Crippen LogP contribution in [0, 0.1) is 0 Å². The van der Waals surface area contributed by atoms with Gasteiger partial charge in [0.05, 0.1) is 33.4 Å². The number of rotatable bonds is 6. The Labute approximate surface area is 237 Å². The summed E-state index contributed by atoms with van der Waals surface area (Å²) in [5.41, 5.74) is -2.73. The number of fused-ring (bicyclic) bond motifs is 3. The van der Waals surface area contributed by atoms with E-state index in [9.17, 15) is 27.3 Å². The molecule has 5 heterocycles. The summed E-state index contributed by atoms with van der Waals surface area (Å²) in [6, 6.07) is 12.1. The van der Waals surface area contributed by atoms with Crippen molar-refractivity contribution >= 4 is 29.8 Å². The van der Waals surface area contributed by atoms with Gasteiger partial charge < -0.3 is 9.79 Å². The molecule has 6 rings (SSSR count).